The van der Waals surface area contributed by atoms with Crippen LogP contribution in [0.15, 0.2) is 85.5 Å². The maximum absolute atomic E-state index is 11.2. The molecule has 148 valence electrons. The van der Waals surface area contributed by atoms with Crippen molar-refractivity contribution in [3.63, 3.8) is 0 Å². The molecule has 0 atom stereocenters. The van der Waals surface area contributed by atoms with E-state index in [4.69, 9.17) is 4.74 Å². The molecule has 3 heteroatoms. The third-order valence-electron chi connectivity index (χ3n) is 4.77. The highest BCUT2D eigenvalue weighted by Gasteiger charge is 2.12. The van der Waals surface area contributed by atoms with Gasteiger partial charge in [-0.3, -0.25) is 0 Å². The highest BCUT2D eigenvalue weighted by molar-refractivity contribution is 5.81. The number of carbonyl (C=O) groups excluding carboxylic acids is 1. The monoisotopic (exact) mass is 385 g/mol. The Bertz CT molecular complexity index is 913. The van der Waals surface area contributed by atoms with E-state index in [1.165, 1.54) is 22.8 Å². The van der Waals surface area contributed by atoms with Gasteiger partial charge in [-0.1, -0.05) is 54.1 Å². The average Bonchev–Trinajstić information content (AvgIpc) is 2.74. The zero-order valence-electron chi connectivity index (χ0n) is 17.1. The molecule has 0 amide bonds. The first-order valence-electron chi connectivity index (χ1n) is 9.88. The molecular weight excluding hydrogens is 358 g/mol. The van der Waals surface area contributed by atoms with E-state index in [2.05, 4.69) is 98.1 Å². The van der Waals surface area contributed by atoms with Gasteiger partial charge in [0.15, 0.2) is 0 Å². The molecule has 0 unspecified atom stereocenters. The lowest BCUT2D eigenvalue weighted by Gasteiger charge is -2.26. The molecule has 0 aliphatic heterocycles. The summed E-state index contributed by atoms with van der Waals surface area (Å²) in [4.78, 5) is 13.4. The lowest BCUT2D eigenvalue weighted by atomic mass is 10.1. The molecule has 3 aromatic rings. The molecule has 3 nitrogen and oxygen atoms in total. The Hall–Kier alpha value is -3.33. The van der Waals surface area contributed by atoms with Crippen molar-refractivity contribution in [2.75, 3.05) is 11.5 Å². The number of hydrogen-bond donors (Lipinski definition) is 0. The summed E-state index contributed by atoms with van der Waals surface area (Å²) in [5.41, 5.74) is 7.04. The molecule has 0 saturated heterocycles. The van der Waals surface area contributed by atoms with Crippen LogP contribution < -0.4 is 4.90 Å². The molecule has 0 spiro atoms. The number of esters is 1. The van der Waals surface area contributed by atoms with Gasteiger partial charge >= 0.3 is 5.97 Å². The van der Waals surface area contributed by atoms with Gasteiger partial charge in [0.2, 0.25) is 0 Å². The van der Waals surface area contributed by atoms with E-state index in [-0.39, 0.29) is 5.97 Å². The summed E-state index contributed by atoms with van der Waals surface area (Å²) in [6.07, 6.45) is 2.81. The average molecular weight is 386 g/mol. The third kappa shape index (κ3) is 5.58. The number of aryl methyl sites for hydroxylation is 3. The summed E-state index contributed by atoms with van der Waals surface area (Å²) < 4.78 is 5.08. The van der Waals surface area contributed by atoms with Gasteiger partial charge in [0, 0.05) is 23.1 Å². The zero-order chi connectivity index (χ0) is 20.6. The molecule has 0 aliphatic carbocycles. The SMILES string of the molecule is C=CC(=O)OCCCc1cccc(N(c2ccc(C)cc2)c2ccc(C)cc2)c1. The lowest BCUT2D eigenvalue weighted by molar-refractivity contribution is -0.137. The molecular formula is C26H27NO2. The van der Waals surface area contributed by atoms with E-state index >= 15 is 0 Å². The quantitative estimate of drug-likeness (QED) is 0.254. The Balaban J connectivity index is 1.85. The number of nitrogens with zero attached hydrogens (tertiary/aromatic N) is 1. The minimum atomic E-state index is -0.372. The maximum atomic E-state index is 11.2. The molecule has 0 aromatic heterocycles. The van der Waals surface area contributed by atoms with Crippen LogP contribution in [0.1, 0.15) is 23.1 Å². The molecule has 3 rings (SSSR count). The van der Waals surface area contributed by atoms with Crippen LogP contribution in [0.5, 0.6) is 0 Å². The number of rotatable bonds is 8. The van der Waals surface area contributed by atoms with Gasteiger partial charge in [0.1, 0.15) is 0 Å². The van der Waals surface area contributed by atoms with E-state index in [0.29, 0.717) is 6.61 Å². The van der Waals surface area contributed by atoms with Crippen LogP contribution >= 0.6 is 0 Å². The largest absolute Gasteiger partial charge is 0.463 e. The summed E-state index contributed by atoms with van der Waals surface area (Å²) in [6, 6.07) is 25.7. The molecule has 0 fully saturated rings. The van der Waals surface area contributed by atoms with Crippen LogP contribution in [0, 0.1) is 13.8 Å². The second-order valence-electron chi connectivity index (χ2n) is 7.15. The van der Waals surface area contributed by atoms with Gasteiger partial charge in [-0.05, 0) is 68.7 Å². The summed E-state index contributed by atoms with van der Waals surface area (Å²) in [7, 11) is 0. The van der Waals surface area contributed by atoms with Crippen molar-refractivity contribution in [2.45, 2.75) is 26.7 Å². The standard InChI is InChI=1S/C26H27NO2/c1-4-26(28)29-18-6-8-22-7-5-9-25(19-22)27(23-14-10-20(2)11-15-23)24-16-12-21(3)13-17-24/h4-5,7,9-17,19H,1,6,8,18H2,2-3H3. The minimum absolute atomic E-state index is 0.372. The maximum Gasteiger partial charge on any atom is 0.330 e. The van der Waals surface area contributed by atoms with E-state index in [9.17, 15) is 4.79 Å². The lowest BCUT2D eigenvalue weighted by Crippen LogP contribution is -2.10. The Morgan fingerprint density at radius 1 is 0.897 bits per heavy atom. The van der Waals surface area contributed by atoms with Crippen LogP contribution in [-0.2, 0) is 16.0 Å². The van der Waals surface area contributed by atoms with Crippen LogP contribution in [-0.4, -0.2) is 12.6 Å². The van der Waals surface area contributed by atoms with Gasteiger partial charge in [0.25, 0.3) is 0 Å². The normalized spacial score (nSPS) is 10.4. The molecule has 0 saturated carbocycles. The van der Waals surface area contributed by atoms with Crippen LogP contribution in [0.4, 0.5) is 17.1 Å². The van der Waals surface area contributed by atoms with Crippen molar-refractivity contribution in [3.8, 4) is 0 Å². The molecule has 0 aliphatic rings. The number of benzene rings is 3. The number of hydrogen-bond acceptors (Lipinski definition) is 3. The van der Waals surface area contributed by atoms with Gasteiger partial charge < -0.3 is 9.64 Å². The Labute approximate surface area is 173 Å². The first kappa shape index (κ1) is 20.4. The Morgan fingerprint density at radius 3 is 2.03 bits per heavy atom. The predicted octanol–water partition coefficient (Wildman–Crippen LogP) is 6.44. The second-order valence-corrected chi connectivity index (χ2v) is 7.15. The topological polar surface area (TPSA) is 29.5 Å². The smallest absolute Gasteiger partial charge is 0.330 e. The highest BCUT2D eigenvalue weighted by Crippen LogP contribution is 2.35. The van der Waals surface area contributed by atoms with Gasteiger partial charge in [0.05, 0.1) is 6.61 Å². The van der Waals surface area contributed by atoms with Crippen LogP contribution in [0.3, 0.4) is 0 Å². The number of carbonyl (C=O) groups is 1. The fraction of sp³-hybridized carbons (Fsp3) is 0.192. The Kier molecular flexibility index (Phi) is 6.85. The number of anilines is 3. The van der Waals surface area contributed by atoms with E-state index in [1.54, 1.807) is 0 Å². The van der Waals surface area contributed by atoms with E-state index in [1.807, 2.05) is 0 Å². The van der Waals surface area contributed by atoms with Crippen molar-refractivity contribution in [2.24, 2.45) is 0 Å². The summed E-state index contributed by atoms with van der Waals surface area (Å²) >= 11 is 0. The van der Waals surface area contributed by atoms with Gasteiger partial charge in [-0.2, -0.15) is 0 Å². The van der Waals surface area contributed by atoms with Crippen LogP contribution in [0.2, 0.25) is 0 Å². The van der Waals surface area contributed by atoms with Gasteiger partial charge in [-0.15, -0.1) is 0 Å². The molecule has 0 N–H and O–H groups in total. The summed E-state index contributed by atoms with van der Waals surface area (Å²) in [5.74, 6) is -0.372. The zero-order valence-corrected chi connectivity index (χ0v) is 17.1. The van der Waals surface area contributed by atoms with E-state index < -0.39 is 0 Å². The number of ether oxygens (including phenoxy) is 1. The van der Waals surface area contributed by atoms with Crippen molar-refractivity contribution < 1.29 is 9.53 Å². The van der Waals surface area contributed by atoms with E-state index in [0.717, 1.165) is 29.9 Å². The minimum Gasteiger partial charge on any atom is -0.463 e. The van der Waals surface area contributed by atoms with Crippen molar-refractivity contribution >= 4 is 23.0 Å². The summed E-state index contributed by atoms with van der Waals surface area (Å²) in [5, 5.41) is 0. The predicted molar refractivity (Wildman–Crippen MR) is 120 cm³/mol. The first-order valence-corrected chi connectivity index (χ1v) is 9.88. The highest BCUT2D eigenvalue weighted by atomic mass is 16.5. The third-order valence-corrected chi connectivity index (χ3v) is 4.77. The first-order chi connectivity index (χ1) is 14.1. The summed E-state index contributed by atoms with van der Waals surface area (Å²) in [6.45, 7) is 8.01. The van der Waals surface area contributed by atoms with Crippen molar-refractivity contribution in [1.29, 1.82) is 0 Å². The molecule has 0 heterocycles. The Morgan fingerprint density at radius 2 is 1.48 bits per heavy atom. The molecule has 0 radical (unpaired) electrons. The second kappa shape index (κ2) is 9.74. The molecule has 0 bridgehead atoms. The van der Waals surface area contributed by atoms with Crippen molar-refractivity contribution in [3.05, 3.63) is 102 Å². The fourth-order valence-corrected chi connectivity index (χ4v) is 3.19. The molecule has 3 aromatic carbocycles. The van der Waals surface area contributed by atoms with Crippen molar-refractivity contribution in [1.82, 2.24) is 0 Å². The van der Waals surface area contributed by atoms with Crippen LogP contribution in [0.25, 0.3) is 0 Å². The van der Waals surface area contributed by atoms with Gasteiger partial charge in [-0.25, -0.2) is 4.79 Å². The molecule has 29 heavy (non-hydrogen) atoms. The fourth-order valence-electron chi connectivity index (χ4n) is 3.19.